The van der Waals surface area contributed by atoms with Gasteiger partial charge >= 0.3 is 0 Å². The molecule has 0 radical (unpaired) electrons. The lowest BCUT2D eigenvalue weighted by Crippen LogP contribution is -3.00. The second-order valence-corrected chi connectivity index (χ2v) is 7.13. The number of hydrogen-bond donors (Lipinski definition) is 1. The Hall–Kier alpha value is -3.34. The van der Waals surface area contributed by atoms with Gasteiger partial charge in [0.25, 0.3) is 5.91 Å². The van der Waals surface area contributed by atoms with Crippen molar-refractivity contribution in [3.63, 3.8) is 0 Å². The molecule has 0 saturated carbocycles. The normalized spacial score (nSPS) is 14.1. The minimum Gasteiger partial charge on any atom is -1.00 e. The third-order valence-corrected chi connectivity index (χ3v) is 4.93. The van der Waals surface area contributed by atoms with E-state index in [9.17, 15) is 10.1 Å². The maximum atomic E-state index is 12.2. The Labute approximate surface area is 186 Å². The molecule has 1 N–H and O–H groups in total. The SMILES string of the molecule is Cc1ccc2nc(/C(C#N)=C/c3ccc(OCC(=O)N4CCOCC4)cc3)[nH]c2c1.[Cl-]. The molecule has 1 aromatic heterocycles. The molecule has 4 rings (SSSR count). The standard InChI is InChI=1S/C23H22N4O3.ClH/c1-16-2-7-20-21(12-16)26-23(25-20)18(14-24)13-17-3-5-19(6-4-17)30-15-22(28)27-8-10-29-11-9-27;/h2-7,12-13H,8-11,15H2,1H3,(H,25,26);1H/p-1/b18-13+;. The number of rotatable bonds is 5. The van der Waals surface area contributed by atoms with E-state index in [0.29, 0.717) is 43.5 Å². The average Bonchev–Trinajstić information content (AvgIpc) is 3.20. The molecule has 3 aromatic rings. The van der Waals surface area contributed by atoms with E-state index in [4.69, 9.17) is 9.47 Å². The number of aromatic amines is 1. The van der Waals surface area contributed by atoms with E-state index in [-0.39, 0.29) is 24.9 Å². The second kappa shape index (κ2) is 10.1. The minimum atomic E-state index is -0.0471. The van der Waals surface area contributed by atoms with Gasteiger partial charge in [-0.1, -0.05) is 18.2 Å². The highest BCUT2D eigenvalue weighted by Gasteiger charge is 2.17. The van der Waals surface area contributed by atoms with Crippen molar-refractivity contribution in [3.8, 4) is 11.8 Å². The average molecular weight is 438 g/mol. The van der Waals surface area contributed by atoms with Crippen LogP contribution in [-0.4, -0.2) is 53.7 Å². The molecule has 1 amide bonds. The number of allylic oxidation sites excluding steroid dienone is 1. The summed E-state index contributed by atoms with van der Waals surface area (Å²) in [5.74, 6) is 1.09. The van der Waals surface area contributed by atoms with Gasteiger partial charge in [0.05, 0.1) is 29.8 Å². The van der Waals surface area contributed by atoms with E-state index in [1.54, 1.807) is 23.1 Å². The zero-order valence-corrected chi connectivity index (χ0v) is 17.9. The van der Waals surface area contributed by atoms with Crippen LogP contribution in [0.4, 0.5) is 0 Å². The summed E-state index contributed by atoms with van der Waals surface area (Å²) in [6, 6.07) is 15.4. The fourth-order valence-electron chi connectivity index (χ4n) is 3.28. The number of benzene rings is 2. The Morgan fingerprint density at radius 1 is 1.26 bits per heavy atom. The number of aromatic nitrogens is 2. The smallest absolute Gasteiger partial charge is 0.260 e. The lowest BCUT2D eigenvalue weighted by atomic mass is 10.1. The highest BCUT2D eigenvalue weighted by Crippen LogP contribution is 2.21. The van der Waals surface area contributed by atoms with Crippen molar-refractivity contribution in [2.45, 2.75) is 6.92 Å². The van der Waals surface area contributed by atoms with Crippen molar-refractivity contribution in [2.75, 3.05) is 32.9 Å². The molecule has 31 heavy (non-hydrogen) atoms. The van der Waals surface area contributed by atoms with Crippen molar-refractivity contribution in [2.24, 2.45) is 0 Å². The van der Waals surface area contributed by atoms with Crippen LogP contribution in [0, 0.1) is 18.3 Å². The number of imidazole rings is 1. The molecule has 8 heteroatoms. The van der Waals surface area contributed by atoms with Gasteiger partial charge in [-0.05, 0) is 48.4 Å². The van der Waals surface area contributed by atoms with Crippen LogP contribution in [0.5, 0.6) is 5.75 Å². The van der Waals surface area contributed by atoms with Crippen LogP contribution < -0.4 is 17.1 Å². The maximum Gasteiger partial charge on any atom is 0.260 e. The largest absolute Gasteiger partial charge is 1.00 e. The Morgan fingerprint density at radius 3 is 2.71 bits per heavy atom. The number of hydrogen-bond acceptors (Lipinski definition) is 5. The summed E-state index contributed by atoms with van der Waals surface area (Å²) in [5.41, 5.74) is 4.14. The van der Waals surface area contributed by atoms with Gasteiger partial charge in [0.1, 0.15) is 17.6 Å². The number of ether oxygens (including phenoxy) is 2. The number of nitriles is 1. The van der Waals surface area contributed by atoms with E-state index in [2.05, 4.69) is 16.0 Å². The van der Waals surface area contributed by atoms with Crippen LogP contribution >= 0.6 is 0 Å². The number of carbonyl (C=O) groups excluding carboxylic acids is 1. The van der Waals surface area contributed by atoms with Crippen LogP contribution in [0.3, 0.4) is 0 Å². The third-order valence-electron chi connectivity index (χ3n) is 4.93. The van der Waals surface area contributed by atoms with Crippen molar-refractivity contribution < 1.29 is 26.7 Å². The number of carbonyl (C=O) groups is 1. The zero-order valence-electron chi connectivity index (χ0n) is 17.1. The first-order chi connectivity index (χ1) is 14.6. The number of morpholine rings is 1. The van der Waals surface area contributed by atoms with Gasteiger partial charge < -0.3 is 31.8 Å². The Balaban J connectivity index is 0.00000272. The monoisotopic (exact) mass is 437 g/mol. The topological polar surface area (TPSA) is 91.2 Å². The number of nitrogens with zero attached hydrogens (tertiary/aromatic N) is 3. The molecular weight excluding hydrogens is 416 g/mol. The maximum absolute atomic E-state index is 12.2. The molecule has 0 atom stereocenters. The zero-order chi connectivity index (χ0) is 20.9. The van der Waals surface area contributed by atoms with Crippen molar-refractivity contribution in [1.29, 1.82) is 5.26 Å². The third kappa shape index (κ3) is 5.43. The minimum absolute atomic E-state index is 0. The van der Waals surface area contributed by atoms with Crippen LogP contribution in [0.1, 0.15) is 17.0 Å². The molecular formula is C23H22ClN4O3-. The van der Waals surface area contributed by atoms with Crippen molar-refractivity contribution in [1.82, 2.24) is 14.9 Å². The van der Waals surface area contributed by atoms with E-state index < -0.39 is 0 Å². The summed E-state index contributed by atoms with van der Waals surface area (Å²) in [4.78, 5) is 21.6. The highest BCUT2D eigenvalue weighted by molar-refractivity contribution is 5.90. The van der Waals surface area contributed by atoms with E-state index >= 15 is 0 Å². The first kappa shape index (κ1) is 22.3. The lowest BCUT2D eigenvalue weighted by Gasteiger charge is -2.26. The molecule has 1 aliphatic rings. The molecule has 0 spiro atoms. The number of H-pyrrole nitrogens is 1. The van der Waals surface area contributed by atoms with E-state index in [1.807, 2.05) is 37.3 Å². The molecule has 1 aliphatic heterocycles. The van der Waals surface area contributed by atoms with Crippen LogP contribution in [0.2, 0.25) is 0 Å². The van der Waals surface area contributed by atoms with Gasteiger partial charge in [-0.3, -0.25) is 4.79 Å². The summed E-state index contributed by atoms with van der Waals surface area (Å²) in [6.45, 7) is 4.35. The van der Waals surface area contributed by atoms with Gasteiger partial charge in [-0.25, -0.2) is 4.98 Å². The van der Waals surface area contributed by atoms with Gasteiger partial charge in [-0.2, -0.15) is 5.26 Å². The van der Waals surface area contributed by atoms with Crippen molar-refractivity contribution in [3.05, 3.63) is 59.4 Å². The van der Waals surface area contributed by atoms with E-state index in [0.717, 1.165) is 22.2 Å². The summed E-state index contributed by atoms with van der Waals surface area (Å²) in [6.07, 6.45) is 1.77. The quantitative estimate of drug-likeness (QED) is 0.575. The fourth-order valence-corrected chi connectivity index (χ4v) is 3.28. The molecule has 1 saturated heterocycles. The number of halogens is 1. The lowest BCUT2D eigenvalue weighted by molar-refractivity contribution is -0.137. The molecule has 0 aliphatic carbocycles. The molecule has 2 aromatic carbocycles. The van der Waals surface area contributed by atoms with Crippen LogP contribution in [0.25, 0.3) is 22.7 Å². The van der Waals surface area contributed by atoms with Gasteiger partial charge in [0.15, 0.2) is 6.61 Å². The summed E-state index contributed by atoms with van der Waals surface area (Å²) >= 11 is 0. The number of aryl methyl sites for hydroxylation is 1. The second-order valence-electron chi connectivity index (χ2n) is 7.13. The Morgan fingerprint density at radius 2 is 2.00 bits per heavy atom. The molecule has 7 nitrogen and oxygen atoms in total. The number of fused-ring (bicyclic) bond motifs is 1. The fraction of sp³-hybridized carbons (Fsp3) is 0.261. The molecule has 2 heterocycles. The van der Waals surface area contributed by atoms with Gasteiger partial charge in [0, 0.05) is 13.1 Å². The summed E-state index contributed by atoms with van der Waals surface area (Å²) < 4.78 is 10.9. The molecule has 160 valence electrons. The predicted molar refractivity (Wildman–Crippen MR) is 114 cm³/mol. The summed E-state index contributed by atoms with van der Waals surface area (Å²) in [5, 5.41) is 9.59. The molecule has 0 bridgehead atoms. The Bertz CT molecular complexity index is 1130. The number of nitrogens with one attached hydrogen (secondary N) is 1. The Kier molecular flexibility index (Phi) is 7.29. The number of amides is 1. The van der Waals surface area contributed by atoms with Gasteiger partial charge in [-0.15, -0.1) is 0 Å². The van der Waals surface area contributed by atoms with Crippen LogP contribution in [0.15, 0.2) is 42.5 Å². The molecule has 0 unspecified atom stereocenters. The van der Waals surface area contributed by atoms with Crippen LogP contribution in [-0.2, 0) is 9.53 Å². The van der Waals surface area contributed by atoms with Crippen molar-refractivity contribution >= 4 is 28.6 Å². The predicted octanol–water partition coefficient (Wildman–Crippen LogP) is 0.177. The van der Waals surface area contributed by atoms with E-state index in [1.165, 1.54) is 0 Å². The first-order valence-corrected chi connectivity index (χ1v) is 9.79. The first-order valence-electron chi connectivity index (χ1n) is 9.79. The molecule has 1 fully saturated rings. The highest BCUT2D eigenvalue weighted by atomic mass is 35.5. The van der Waals surface area contributed by atoms with Gasteiger partial charge in [0.2, 0.25) is 0 Å². The summed E-state index contributed by atoms with van der Waals surface area (Å²) in [7, 11) is 0.